The summed E-state index contributed by atoms with van der Waals surface area (Å²) in [7, 11) is -20.1. The molecule has 0 bridgehead atoms. The van der Waals surface area contributed by atoms with Gasteiger partial charge in [-0.25, -0.2) is 30.0 Å². The standard InChI is InChI=1S/C35H28N6O13S4.4Na/c1-19-13-21(9-11-29(19)40-38-23-15-27-25(33(17-23)57(49,50)51)5-3-7-31(27)55(43,44)45)36-35(42)37-22-10-12-30(20(2)14-22)41-39-24-16-28-26(34(18-24)58(52,53)54)6-4-8-32(28)56(46,47)48;;;;/h3-18H,1-2H3,(H2,36,37,42)(H,43,44,45)(H,46,47,48)(H,49,50,51)(H,52,53,54);;;;/q;4*+1/p-3. The number of anilines is 2. The maximum absolute atomic E-state index is 12.9. The van der Waals surface area contributed by atoms with E-state index in [9.17, 15) is 56.7 Å². The maximum atomic E-state index is 12.9. The zero-order valence-electron chi connectivity index (χ0n) is 33.5. The molecule has 0 aliphatic carbocycles. The number of urea groups is 1. The molecule has 0 radical (unpaired) electrons. The molecule has 300 valence electrons. The minimum atomic E-state index is -5.13. The van der Waals surface area contributed by atoms with Crippen LogP contribution in [0, 0.1) is 13.8 Å². The van der Waals surface area contributed by atoms with Gasteiger partial charge in [0.2, 0.25) is 0 Å². The number of nitrogens with one attached hydrogen (secondary N) is 2. The van der Waals surface area contributed by atoms with Gasteiger partial charge in [-0.1, -0.05) is 24.3 Å². The van der Waals surface area contributed by atoms with Gasteiger partial charge >= 0.3 is 124 Å². The normalized spacial score (nSPS) is 12.0. The second-order valence-electron chi connectivity index (χ2n) is 12.4. The fraction of sp³-hybridized carbons (Fsp3) is 0.0571. The zero-order chi connectivity index (χ0) is 42.4. The van der Waals surface area contributed by atoms with Gasteiger partial charge < -0.3 is 24.3 Å². The number of amides is 2. The molecular formula is C35H25N6Na4O13S4+. The predicted molar refractivity (Wildman–Crippen MR) is 205 cm³/mol. The van der Waals surface area contributed by atoms with Crippen molar-refractivity contribution < 1.29 is 175 Å². The van der Waals surface area contributed by atoms with E-state index in [0.717, 1.165) is 42.5 Å². The second kappa shape index (κ2) is 22.0. The summed E-state index contributed by atoms with van der Waals surface area (Å²) in [4.78, 5) is 9.90. The van der Waals surface area contributed by atoms with Crippen molar-refractivity contribution in [3.8, 4) is 0 Å². The van der Waals surface area contributed by atoms with Crippen molar-refractivity contribution in [2.75, 3.05) is 10.6 Å². The van der Waals surface area contributed by atoms with E-state index >= 15 is 0 Å². The number of hydrogen-bond acceptors (Lipinski definition) is 16. The van der Waals surface area contributed by atoms with E-state index in [0.29, 0.717) is 22.5 Å². The van der Waals surface area contributed by atoms with Crippen LogP contribution in [0.15, 0.2) is 137 Å². The van der Waals surface area contributed by atoms with Crippen molar-refractivity contribution in [3.63, 3.8) is 0 Å². The SMILES string of the molecule is Cc1cc(NC(=O)Nc2ccc(N=Nc3cc(S(=O)(=O)[O-])c4cccc(S(=O)(=O)O)c4c3)c(C)c2)ccc1N=Nc1cc(S(=O)(=O)[O-])c2cccc(S(=O)(=O)[O-])c2c1.[Na+].[Na+].[Na+].[Na+]. The third kappa shape index (κ3) is 13.5. The quantitative estimate of drug-likeness (QED) is 0.0660. The zero-order valence-corrected chi connectivity index (χ0v) is 44.8. The molecule has 0 unspecified atom stereocenters. The van der Waals surface area contributed by atoms with Gasteiger partial charge in [-0.3, -0.25) is 4.55 Å². The minimum Gasteiger partial charge on any atom is -0.744 e. The molecule has 0 atom stereocenters. The van der Waals surface area contributed by atoms with Crippen LogP contribution in [0.3, 0.4) is 0 Å². The van der Waals surface area contributed by atoms with Gasteiger partial charge in [-0.15, -0.1) is 0 Å². The van der Waals surface area contributed by atoms with Gasteiger partial charge in [0.25, 0.3) is 10.1 Å². The molecule has 0 fully saturated rings. The number of azo groups is 2. The average Bonchev–Trinajstić information content (AvgIpc) is 3.11. The molecule has 0 spiro atoms. The number of carbonyl (C=O) groups is 1. The van der Waals surface area contributed by atoms with E-state index in [-0.39, 0.29) is 163 Å². The molecule has 0 saturated heterocycles. The van der Waals surface area contributed by atoms with Crippen molar-refractivity contribution in [1.29, 1.82) is 0 Å². The van der Waals surface area contributed by atoms with Crippen LogP contribution in [0.5, 0.6) is 0 Å². The predicted octanol–water partition coefficient (Wildman–Crippen LogP) is -4.94. The Hall–Kier alpha value is -2.05. The molecule has 3 N–H and O–H groups in total. The van der Waals surface area contributed by atoms with E-state index in [1.54, 1.807) is 19.9 Å². The molecule has 6 aromatic carbocycles. The molecule has 62 heavy (non-hydrogen) atoms. The Morgan fingerprint density at radius 3 is 1.21 bits per heavy atom. The van der Waals surface area contributed by atoms with Crippen molar-refractivity contribution in [2.45, 2.75) is 33.4 Å². The van der Waals surface area contributed by atoms with Gasteiger partial charge in [0.1, 0.15) is 35.2 Å². The molecule has 0 aromatic heterocycles. The smallest absolute Gasteiger partial charge is 0.744 e. The van der Waals surface area contributed by atoms with Gasteiger partial charge in [-0.05, 0) is 97.8 Å². The summed E-state index contributed by atoms with van der Waals surface area (Å²) < 4.78 is 141. The van der Waals surface area contributed by atoms with E-state index < -0.39 is 66.1 Å². The minimum absolute atomic E-state index is 0. The summed E-state index contributed by atoms with van der Waals surface area (Å²) >= 11 is 0. The largest absolute Gasteiger partial charge is 1.00 e. The average molecular weight is 958 g/mol. The van der Waals surface area contributed by atoms with Crippen molar-refractivity contribution in [2.24, 2.45) is 20.5 Å². The first kappa shape index (κ1) is 56.1. The number of carbonyl (C=O) groups excluding carboxylic acids is 1. The Morgan fingerprint density at radius 2 is 0.855 bits per heavy atom. The summed E-state index contributed by atoms with van der Waals surface area (Å²) in [5.74, 6) is 0. The molecule has 0 aliphatic rings. The van der Waals surface area contributed by atoms with Crippen molar-refractivity contribution >= 4 is 102 Å². The Kier molecular flexibility index (Phi) is 19.9. The molecule has 19 nitrogen and oxygen atoms in total. The van der Waals surface area contributed by atoms with Gasteiger partial charge in [0.15, 0.2) is 0 Å². The van der Waals surface area contributed by atoms with E-state index in [1.165, 1.54) is 48.5 Å². The van der Waals surface area contributed by atoms with Crippen molar-refractivity contribution in [1.82, 2.24) is 0 Å². The second-order valence-corrected chi connectivity index (χ2v) is 17.8. The maximum Gasteiger partial charge on any atom is 1.00 e. The Bertz CT molecular complexity index is 3030. The summed E-state index contributed by atoms with van der Waals surface area (Å²) in [5.41, 5.74) is 1.68. The molecule has 2 amide bonds. The van der Waals surface area contributed by atoms with Gasteiger partial charge in [0.05, 0.1) is 37.4 Å². The van der Waals surface area contributed by atoms with Gasteiger partial charge in [-0.2, -0.15) is 28.9 Å². The number of rotatable bonds is 10. The fourth-order valence-corrected chi connectivity index (χ4v) is 8.60. The topological polar surface area (TPSA) is 317 Å². The third-order valence-corrected chi connectivity index (χ3v) is 11.9. The molecule has 6 aromatic rings. The van der Waals surface area contributed by atoms with Crippen molar-refractivity contribution in [3.05, 3.63) is 108 Å². The first-order valence-electron chi connectivity index (χ1n) is 16.1. The van der Waals surface area contributed by atoms with Crippen LogP contribution in [0.4, 0.5) is 38.9 Å². The number of aryl methyl sites for hydroxylation is 2. The van der Waals surface area contributed by atoms with E-state index in [2.05, 4.69) is 31.1 Å². The molecular weight excluding hydrogens is 933 g/mol. The number of hydrogen-bond donors (Lipinski definition) is 3. The molecule has 0 aliphatic heterocycles. The Labute approximate surface area is 443 Å². The van der Waals surface area contributed by atoms with E-state index in [4.69, 9.17) is 0 Å². The first-order chi connectivity index (χ1) is 27.0. The fourth-order valence-electron chi connectivity index (χ4n) is 5.80. The number of benzene rings is 6. The first-order valence-corrected chi connectivity index (χ1v) is 21.8. The summed E-state index contributed by atoms with van der Waals surface area (Å²) in [5, 5.41) is 20.2. The molecule has 27 heteroatoms. The molecule has 6 rings (SSSR count). The monoisotopic (exact) mass is 957 g/mol. The molecule has 0 heterocycles. The number of fused-ring (bicyclic) bond motifs is 2. The summed E-state index contributed by atoms with van der Waals surface area (Å²) in [6.07, 6.45) is 0. The van der Waals surface area contributed by atoms with Crippen LogP contribution in [-0.2, 0) is 40.5 Å². The van der Waals surface area contributed by atoms with Crippen LogP contribution in [-0.4, -0.2) is 57.9 Å². The van der Waals surface area contributed by atoms with Crippen LogP contribution in [0.25, 0.3) is 21.5 Å². The summed E-state index contributed by atoms with van der Waals surface area (Å²) in [6, 6.07) is 19.1. The summed E-state index contributed by atoms with van der Waals surface area (Å²) in [6.45, 7) is 3.25. The molecule has 0 saturated carbocycles. The third-order valence-electron chi connectivity index (χ3n) is 8.35. The van der Waals surface area contributed by atoms with Crippen LogP contribution in [0.1, 0.15) is 11.1 Å². The van der Waals surface area contributed by atoms with Gasteiger partial charge in [0, 0.05) is 32.9 Å². The Morgan fingerprint density at radius 1 is 0.484 bits per heavy atom. The van der Waals surface area contributed by atoms with Crippen LogP contribution in [0.2, 0.25) is 0 Å². The number of nitrogens with zero attached hydrogens (tertiary/aromatic N) is 4. The Balaban J connectivity index is 0.00000331. The van der Waals surface area contributed by atoms with Crippen LogP contribution < -0.4 is 129 Å². The van der Waals surface area contributed by atoms with Crippen LogP contribution >= 0.6 is 0 Å². The van der Waals surface area contributed by atoms with E-state index in [1.807, 2.05) is 0 Å².